The Morgan fingerprint density at radius 1 is 0.932 bits per heavy atom. The number of benzene rings is 2. The maximum Gasteiger partial charge on any atom is 0.435 e. The minimum absolute atomic E-state index is 0.205. The number of aromatic nitrogens is 5. The molecule has 27 heteroatoms. The van der Waals surface area contributed by atoms with E-state index in [9.17, 15) is 61.5 Å². The molecule has 7 rings (SSSR count). The minimum Gasteiger partial charge on any atom is -0.346 e. The second-order valence-corrected chi connectivity index (χ2v) is 23.8. The van der Waals surface area contributed by atoms with Crippen LogP contribution in [0.3, 0.4) is 0 Å². The number of halogens is 11. The lowest BCUT2D eigenvalue weighted by molar-refractivity contribution is -0.143. The Morgan fingerprint density at radius 3 is 2.10 bits per heavy atom. The Morgan fingerprint density at radius 2 is 1.55 bits per heavy atom. The summed E-state index contributed by atoms with van der Waals surface area (Å²) in [7, 11) is -5.73. The Balaban J connectivity index is 1.51. The standard InChI is InChI=1S/C46H45ClF10N8O6S2/c1-22(2)37(62(5)6)42(67)65(73(8,70)71)41-35-31(47)12-11-28(38(35)64(61-41)21-44(50,51)52)27-10-9-26(13-14-43(3,4)72(7,68)69)58-36(27)32(17-23-15-24(48)18-25(49)16-23)59-33(66)20-63-40-34(39(60-63)46(55,56)57)29-19-30(29)45(40,53)54/h9-12,15-16,18,22,29-30,32,37H,17,19-21H2,1-8H3,(H,59,66)/t29-,30+,32?,37?/m0/s1. The van der Waals surface area contributed by atoms with Crippen molar-refractivity contribution in [3.05, 3.63) is 93.0 Å². The molecule has 1 fully saturated rings. The number of sulfone groups is 1. The molecule has 3 aromatic heterocycles. The van der Waals surface area contributed by atoms with Crippen molar-refractivity contribution >= 4 is 60.0 Å². The van der Waals surface area contributed by atoms with Gasteiger partial charge >= 0.3 is 12.4 Å². The quantitative estimate of drug-likeness (QED) is 0.0846. The summed E-state index contributed by atoms with van der Waals surface area (Å²) in [5.74, 6) is -7.53. The molecule has 3 heterocycles. The van der Waals surface area contributed by atoms with E-state index in [-0.39, 0.29) is 37.8 Å². The summed E-state index contributed by atoms with van der Waals surface area (Å²) in [5, 5.41) is 8.95. The summed E-state index contributed by atoms with van der Waals surface area (Å²) in [6, 6.07) is 3.78. The molecule has 73 heavy (non-hydrogen) atoms. The highest BCUT2D eigenvalue weighted by molar-refractivity contribution is 7.93. The number of sulfonamides is 1. The van der Waals surface area contributed by atoms with Gasteiger partial charge in [0.15, 0.2) is 21.3 Å². The number of amides is 2. The van der Waals surface area contributed by atoms with E-state index in [2.05, 4.69) is 32.3 Å². The minimum atomic E-state index is -5.22. The molecule has 2 unspecified atom stereocenters. The molecule has 0 radical (unpaired) electrons. The summed E-state index contributed by atoms with van der Waals surface area (Å²) in [6.45, 7) is 2.44. The fourth-order valence-electron chi connectivity index (χ4n) is 9.05. The molecule has 1 N–H and O–H groups in total. The Labute approximate surface area is 417 Å². The van der Waals surface area contributed by atoms with Crippen LogP contribution in [0.25, 0.3) is 22.0 Å². The van der Waals surface area contributed by atoms with Crippen molar-refractivity contribution < 1.29 is 70.3 Å². The van der Waals surface area contributed by atoms with Crippen molar-refractivity contribution in [1.82, 2.24) is 34.8 Å². The molecular formula is C46H45ClF10N8O6S2. The van der Waals surface area contributed by atoms with Gasteiger partial charge in [0, 0.05) is 34.9 Å². The van der Waals surface area contributed by atoms with Gasteiger partial charge in [-0.3, -0.25) is 23.9 Å². The molecular weight excluding hydrogens is 1050 g/mol. The van der Waals surface area contributed by atoms with Crippen LogP contribution >= 0.6 is 11.6 Å². The van der Waals surface area contributed by atoms with Gasteiger partial charge in [-0.2, -0.15) is 49.6 Å². The molecule has 2 aromatic carbocycles. The fraction of sp³-hybridized carbons (Fsp3) is 0.457. The van der Waals surface area contributed by atoms with Crippen LogP contribution in [0, 0.1) is 35.3 Å². The summed E-state index contributed by atoms with van der Waals surface area (Å²) in [6.07, 6.45) is -9.78. The number of hydrogen-bond donors (Lipinski definition) is 1. The van der Waals surface area contributed by atoms with Crippen LogP contribution < -0.4 is 9.62 Å². The lowest BCUT2D eigenvalue weighted by Crippen LogP contribution is -2.51. The zero-order valence-corrected chi connectivity index (χ0v) is 42.2. The van der Waals surface area contributed by atoms with Crippen molar-refractivity contribution in [3.8, 4) is 23.0 Å². The third kappa shape index (κ3) is 10.9. The van der Waals surface area contributed by atoms with Crippen molar-refractivity contribution in [3.63, 3.8) is 0 Å². The molecule has 2 amide bonds. The lowest BCUT2D eigenvalue weighted by atomic mass is 9.93. The highest BCUT2D eigenvalue weighted by Gasteiger charge is 2.68. The van der Waals surface area contributed by atoms with Crippen molar-refractivity contribution in [1.29, 1.82) is 0 Å². The van der Waals surface area contributed by atoms with Crippen LogP contribution in [0.1, 0.15) is 80.0 Å². The van der Waals surface area contributed by atoms with Gasteiger partial charge in [-0.15, -0.1) is 0 Å². The summed E-state index contributed by atoms with van der Waals surface area (Å²) >= 11 is 6.72. The molecule has 0 saturated heterocycles. The van der Waals surface area contributed by atoms with Gasteiger partial charge in [0.1, 0.15) is 40.9 Å². The number of anilines is 1. The summed E-state index contributed by atoms with van der Waals surface area (Å²) in [4.78, 5) is 34.5. The Hall–Kier alpha value is -5.78. The number of alkyl halides is 8. The van der Waals surface area contributed by atoms with E-state index in [0.29, 0.717) is 17.0 Å². The largest absolute Gasteiger partial charge is 0.435 e. The first kappa shape index (κ1) is 55.0. The number of carbonyl (C=O) groups excluding carboxylic acids is 2. The first-order chi connectivity index (χ1) is 33.4. The van der Waals surface area contributed by atoms with Crippen LogP contribution in [0.2, 0.25) is 5.02 Å². The number of nitrogens with zero attached hydrogens (tertiary/aromatic N) is 7. The summed E-state index contributed by atoms with van der Waals surface area (Å²) in [5.41, 5.74) is -5.68. The lowest BCUT2D eigenvalue weighted by Gasteiger charge is -2.30. The van der Waals surface area contributed by atoms with Crippen molar-refractivity contribution in [2.24, 2.45) is 11.8 Å². The highest BCUT2D eigenvalue weighted by atomic mass is 35.5. The van der Waals surface area contributed by atoms with Gasteiger partial charge in [0.05, 0.1) is 40.0 Å². The average Bonchev–Trinajstić information content (AvgIpc) is 3.74. The fourth-order valence-corrected chi connectivity index (χ4v) is 10.4. The normalized spacial score (nSPS) is 17.5. The number of hydrogen-bond acceptors (Lipinski definition) is 10. The Bertz CT molecular complexity index is 3340. The van der Waals surface area contributed by atoms with E-state index in [1.807, 2.05) is 0 Å². The van der Waals surface area contributed by atoms with Crippen LogP contribution in [0.15, 0.2) is 42.5 Å². The first-order valence-corrected chi connectivity index (χ1v) is 26.1. The molecule has 0 bridgehead atoms. The van der Waals surface area contributed by atoms with E-state index in [1.165, 1.54) is 45.0 Å². The Kier molecular flexibility index (Phi) is 14.2. The maximum absolute atomic E-state index is 15.6. The molecule has 5 aromatic rings. The van der Waals surface area contributed by atoms with E-state index in [1.54, 1.807) is 13.8 Å². The van der Waals surface area contributed by atoms with E-state index < -0.39 is 160 Å². The topological polar surface area (TPSA) is 169 Å². The number of pyridine rings is 1. The van der Waals surface area contributed by atoms with E-state index in [0.717, 1.165) is 30.5 Å². The van der Waals surface area contributed by atoms with Gasteiger partial charge in [-0.25, -0.2) is 30.6 Å². The second-order valence-electron chi connectivity index (χ2n) is 19.0. The third-order valence-electron chi connectivity index (χ3n) is 12.5. The third-order valence-corrected chi connectivity index (χ3v) is 15.8. The number of likely N-dealkylation sites (N-methyl/N-ethyl adjacent to an activating group) is 1. The highest BCUT2D eigenvalue weighted by Crippen LogP contribution is 2.68. The van der Waals surface area contributed by atoms with Gasteiger partial charge in [0.2, 0.25) is 15.9 Å². The zero-order chi connectivity index (χ0) is 54.5. The predicted molar refractivity (Wildman–Crippen MR) is 247 cm³/mol. The smallest absolute Gasteiger partial charge is 0.346 e. The monoisotopic (exact) mass is 1090 g/mol. The van der Waals surface area contributed by atoms with Gasteiger partial charge in [-0.1, -0.05) is 37.4 Å². The van der Waals surface area contributed by atoms with Crippen molar-refractivity contribution in [2.75, 3.05) is 30.9 Å². The molecule has 0 aliphatic heterocycles. The van der Waals surface area contributed by atoms with Gasteiger partial charge in [0.25, 0.3) is 11.8 Å². The molecule has 14 nitrogen and oxygen atoms in total. The van der Waals surface area contributed by atoms with Gasteiger partial charge in [-0.05, 0) is 94.4 Å². The predicted octanol–water partition coefficient (Wildman–Crippen LogP) is 8.17. The van der Waals surface area contributed by atoms with Gasteiger partial charge < -0.3 is 5.32 Å². The van der Waals surface area contributed by atoms with Crippen LogP contribution in [-0.2, 0) is 61.1 Å². The average molecular weight is 1100 g/mol. The molecule has 4 atom stereocenters. The number of carbonyl (C=O) groups is 2. The molecule has 394 valence electrons. The molecule has 1 saturated carbocycles. The molecule has 2 aliphatic carbocycles. The van der Waals surface area contributed by atoms with Crippen LogP contribution in [-0.4, -0.2) is 102 Å². The number of nitrogens with one attached hydrogen (secondary N) is 1. The van der Waals surface area contributed by atoms with Crippen LogP contribution in [0.5, 0.6) is 0 Å². The molecule has 2 aliphatic rings. The van der Waals surface area contributed by atoms with Crippen molar-refractivity contribution in [2.45, 2.75) is 94.6 Å². The first-order valence-electron chi connectivity index (χ1n) is 21.9. The SMILES string of the molecule is CC(C)C(C(=O)N(c1nn(CC(F)(F)F)c2c(-c3ccc(C#CC(C)(C)S(C)(=O)=O)nc3C(Cc3cc(F)cc(F)c3)NC(=O)Cn3nc(C(F)(F)F)c4c3C(F)(F)[C@@H]3C[C@H]43)ccc(Cl)c12)S(C)(=O)=O)N(C)C. The zero-order valence-electron chi connectivity index (χ0n) is 39.8. The van der Waals surface area contributed by atoms with E-state index in [4.69, 9.17) is 11.6 Å². The maximum atomic E-state index is 15.6. The molecule has 0 spiro atoms. The summed E-state index contributed by atoms with van der Waals surface area (Å²) < 4.78 is 199. The number of rotatable bonds is 14. The van der Waals surface area contributed by atoms with E-state index >= 15 is 8.78 Å². The van der Waals surface area contributed by atoms with Crippen LogP contribution in [0.4, 0.5) is 49.7 Å². The number of fused-ring (bicyclic) bond motifs is 4. The second kappa shape index (κ2) is 18.9.